The number of fused-ring (bicyclic) bond motifs is 1. The number of benzene rings is 2. The number of nitrogens with one attached hydrogen (secondary N) is 7. The van der Waals surface area contributed by atoms with Crippen LogP contribution in [0.2, 0.25) is 0 Å². The van der Waals surface area contributed by atoms with E-state index < -0.39 is 5.82 Å². The van der Waals surface area contributed by atoms with Crippen LogP contribution in [0.25, 0.3) is 0 Å². The predicted molar refractivity (Wildman–Crippen MR) is 279 cm³/mol. The van der Waals surface area contributed by atoms with Crippen LogP contribution in [0.4, 0.5) is 32.3 Å². The van der Waals surface area contributed by atoms with E-state index in [1.54, 1.807) is 6.08 Å². The Morgan fingerprint density at radius 3 is 2.11 bits per heavy atom. The number of anilines is 4. The molecule has 2 saturated heterocycles. The number of nitrogens with zero attached hydrogens (tertiary/aromatic N) is 3. The van der Waals surface area contributed by atoms with Gasteiger partial charge in [0.25, 0.3) is 0 Å². The Bertz CT molecular complexity index is 2190. The van der Waals surface area contributed by atoms with Gasteiger partial charge in [-0.2, -0.15) is 16.7 Å². The SMILES string of the molecule is Cc1cccc(Nc2nc(Nc3cccc(CC(=O)/C=C/CN(C)CCCCNC(=O)CCCC(=O)NCCCOCCOCCOCCCNC(=O)CCCC[C@@H]4SC[C@@H]5NC(=O)N[C@@H]54)c3)ncc2F)c1. The van der Waals surface area contributed by atoms with Crippen molar-refractivity contribution in [3.63, 3.8) is 0 Å². The zero-order valence-corrected chi connectivity index (χ0v) is 42.8. The van der Waals surface area contributed by atoms with Gasteiger partial charge in [-0.3, -0.25) is 19.2 Å². The van der Waals surface area contributed by atoms with Crippen LogP contribution in [-0.2, 0) is 39.8 Å². The molecule has 5 amide bonds. The number of aryl methyl sites for hydroxylation is 1. The van der Waals surface area contributed by atoms with Gasteiger partial charge in [0.2, 0.25) is 23.7 Å². The van der Waals surface area contributed by atoms with Gasteiger partial charge < -0.3 is 56.3 Å². The number of allylic oxidation sites excluding steroid dienone is 1. The van der Waals surface area contributed by atoms with Gasteiger partial charge in [0.1, 0.15) is 0 Å². The van der Waals surface area contributed by atoms with E-state index in [0.717, 1.165) is 68.1 Å². The van der Waals surface area contributed by atoms with Crippen molar-refractivity contribution in [1.82, 2.24) is 41.5 Å². The van der Waals surface area contributed by atoms with Gasteiger partial charge >= 0.3 is 6.03 Å². The number of urea groups is 1. The maximum atomic E-state index is 14.5. The van der Waals surface area contributed by atoms with Gasteiger partial charge in [0.05, 0.1) is 44.7 Å². The fourth-order valence-corrected chi connectivity index (χ4v) is 9.55. The molecule has 0 bridgehead atoms. The first kappa shape index (κ1) is 57.2. The zero-order chi connectivity index (χ0) is 51.2. The molecule has 2 aliphatic heterocycles. The molecule has 3 atom stereocenters. The van der Waals surface area contributed by atoms with Crippen LogP contribution in [0.15, 0.2) is 66.9 Å². The number of ketones is 1. The van der Waals surface area contributed by atoms with E-state index in [0.29, 0.717) is 108 Å². The van der Waals surface area contributed by atoms with Crippen molar-refractivity contribution in [2.24, 2.45) is 0 Å². The Kier molecular flexibility index (Phi) is 26.3. The van der Waals surface area contributed by atoms with E-state index in [2.05, 4.69) is 52.1 Å². The number of likely N-dealkylation sites (N-methyl/N-ethyl adjacent to an activating group) is 1. The van der Waals surface area contributed by atoms with Gasteiger partial charge in [-0.1, -0.05) is 36.8 Å². The third-order valence-electron chi connectivity index (χ3n) is 11.8. The number of aromatic nitrogens is 2. The lowest BCUT2D eigenvalue weighted by Crippen LogP contribution is -2.36. The number of carbonyl (C=O) groups is 5. The molecule has 2 aliphatic rings. The molecule has 5 rings (SSSR count). The number of unbranched alkanes of at least 4 members (excludes halogenated alkanes) is 2. The van der Waals surface area contributed by atoms with E-state index in [-0.39, 0.29) is 66.2 Å². The molecule has 0 radical (unpaired) electrons. The lowest BCUT2D eigenvalue weighted by atomic mass is 10.0. The minimum atomic E-state index is -0.574. The van der Waals surface area contributed by atoms with Crippen LogP contribution in [0.3, 0.4) is 0 Å². The van der Waals surface area contributed by atoms with Crippen LogP contribution < -0.4 is 37.2 Å². The molecular weight excluding hydrogens is 944 g/mol. The number of hydrogen-bond donors (Lipinski definition) is 7. The Morgan fingerprint density at radius 2 is 1.42 bits per heavy atom. The monoisotopic (exact) mass is 1020 g/mol. The summed E-state index contributed by atoms with van der Waals surface area (Å²) in [5, 5.41) is 21.2. The highest BCUT2D eigenvalue weighted by atomic mass is 32.2. The zero-order valence-electron chi connectivity index (χ0n) is 41.9. The van der Waals surface area contributed by atoms with Gasteiger partial charge in [0.15, 0.2) is 17.4 Å². The predicted octanol–water partition coefficient (Wildman–Crippen LogP) is 5.87. The van der Waals surface area contributed by atoms with E-state index in [9.17, 15) is 28.4 Å². The molecule has 1 aromatic heterocycles. The van der Waals surface area contributed by atoms with Gasteiger partial charge in [-0.25, -0.2) is 14.2 Å². The molecule has 72 heavy (non-hydrogen) atoms. The largest absolute Gasteiger partial charge is 0.379 e. The number of thioether (sulfide) groups is 1. The van der Waals surface area contributed by atoms with Crippen molar-refractivity contribution in [3.05, 3.63) is 83.8 Å². The first-order chi connectivity index (χ1) is 35.0. The first-order valence-corrected chi connectivity index (χ1v) is 26.4. The van der Waals surface area contributed by atoms with Crippen LogP contribution in [0.1, 0.15) is 81.8 Å². The molecule has 0 spiro atoms. The lowest BCUT2D eigenvalue weighted by molar-refractivity contribution is -0.123. The van der Waals surface area contributed by atoms with E-state index >= 15 is 0 Å². The Morgan fingerprint density at radius 1 is 0.778 bits per heavy atom. The maximum absolute atomic E-state index is 14.5. The second-order valence-electron chi connectivity index (χ2n) is 18.0. The fourth-order valence-electron chi connectivity index (χ4n) is 8.01. The van der Waals surface area contributed by atoms with Crippen molar-refractivity contribution in [1.29, 1.82) is 0 Å². The highest BCUT2D eigenvalue weighted by molar-refractivity contribution is 8.00. The molecule has 18 nitrogen and oxygen atoms in total. The number of amides is 5. The number of rotatable bonds is 37. The van der Waals surface area contributed by atoms with Crippen molar-refractivity contribution in [3.8, 4) is 0 Å². The van der Waals surface area contributed by atoms with Crippen molar-refractivity contribution >= 4 is 64.4 Å². The minimum absolute atomic E-state index is 0.0317. The van der Waals surface area contributed by atoms with Crippen molar-refractivity contribution in [2.45, 2.75) is 101 Å². The Hall–Kier alpha value is -5.67. The van der Waals surface area contributed by atoms with Gasteiger partial charge in [-0.05, 0) is 107 Å². The summed E-state index contributed by atoms with van der Waals surface area (Å²) in [7, 11) is 1.98. The summed E-state index contributed by atoms with van der Waals surface area (Å²) in [6, 6.07) is 15.3. The second kappa shape index (κ2) is 33.1. The number of hydrogen-bond acceptors (Lipinski definition) is 14. The quantitative estimate of drug-likeness (QED) is 0.0204. The highest BCUT2D eigenvalue weighted by Crippen LogP contribution is 2.33. The normalized spacial score (nSPS) is 16.1. The Balaban J connectivity index is 0.755. The molecule has 3 heterocycles. The Labute approximate surface area is 427 Å². The minimum Gasteiger partial charge on any atom is -0.379 e. The molecule has 0 unspecified atom stereocenters. The summed E-state index contributed by atoms with van der Waals surface area (Å²) in [6.07, 6.45) is 12.3. The molecule has 0 saturated carbocycles. The van der Waals surface area contributed by atoms with Gasteiger partial charge in [0, 0.05) is 87.5 Å². The molecule has 20 heteroatoms. The van der Waals surface area contributed by atoms with E-state index in [1.807, 2.05) is 80.3 Å². The van der Waals surface area contributed by atoms with E-state index in [4.69, 9.17) is 14.2 Å². The third-order valence-corrected chi connectivity index (χ3v) is 13.3. The summed E-state index contributed by atoms with van der Waals surface area (Å²) < 4.78 is 31.2. The standard InChI is InChI=1S/C52H75FN10O8S/c1-38-13-7-15-40(33-38)58-50-43(53)36-57-51(62-50)59-41-16-8-14-39(34-41)35-42(64)17-10-26-63(2)25-6-5-22-54-47(66)20-9-21-48(67)56-24-12-28-70-30-32-71-31-29-69-27-11-23-55-46(65)19-4-3-18-45-49-44(37-72-45)60-52(68)61-49/h7-8,10,13-17,33-34,36,44-45,49H,3-6,9,11-12,18-32,35,37H2,1-2H3,(H,54,66)(H,55,65)(H,56,67)(H2,60,61,68)(H2,57,58,59,62)/b17-10+/t44-,45-,49-/m0/s1. The van der Waals surface area contributed by atoms with Crippen LogP contribution in [0.5, 0.6) is 0 Å². The number of ether oxygens (including phenoxy) is 3. The smallest absolute Gasteiger partial charge is 0.315 e. The number of halogens is 1. The lowest BCUT2D eigenvalue weighted by Gasteiger charge is -2.16. The van der Waals surface area contributed by atoms with Crippen molar-refractivity contribution < 1.29 is 42.6 Å². The topological polar surface area (TPSA) is 226 Å². The molecule has 394 valence electrons. The second-order valence-corrected chi connectivity index (χ2v) is 19.3. The third kappa shape index (κ3) is 23.3. The van der Waals surface area contributed by atoms with Crippen LogP contribution in [-0.4, -0.2) is 147 Å². The summed E-state index contributed by atoms with van der Waals surface area (Å²) in [6.45, 7) is 7.90. The molecule has 7 N–H and O–H groups in total. The average Bonchev–Trinajstić information content (AvgIpc) is 3.91. The van der Waals surface area contributed by atoms with E-state index in [1.165, 1.54) is 0 Å². The molecule has 2 aromatic carbocycles. The van der Waals surface area contributed by atoms with Gasteiger partial charge in [-0.15, -0.1) is 0 Å². The average molecular weight is 1020 g/mol. The molecule has 0 aliphatic carbocycles. The molecule has 2 fully saturated rings. The fraction of sp³-hybridized carbons (Fsp3) is 0.558. The maximum Gasteiger partial charge on any atom is 0.315 e. The number of carbonyl (C=O) groups excluding carboxylic acids is 5. The molecule has 3 aromatic rings. The molecular formula is C52H75FN10O8S. The van der Waals surface area contributed by atoms with Crippen molar-refractivity contribution in [2.75, 3.05) is 95.8 Å². The summed E-state index contributed by atoms with van der Waals surface area (Å²) >= 11 is 1.90. The van der Waals surface area contributed by atoms with Crippen LogP contribution in [0, 0.1) is 12.7 Å². The van der Waals surface area contributed by atoms with Crippen LogP contribution >= 0.6 is 11.8 Å². The summed E-state index contributed by atoms with van der Waals surface area (Å²) in [5.74, 6) is 0.525. The summed E-state index contributed by atoms with van der Waals surface area (Å²) in [4.78, 5) is 71.3. The first-order valence-electron chi connectivity index (χ1n) is 25.3. The highest BCUT2D eigenvalue weighted by Gasteiger charge is 2.42. The summed E-state index contributed by atoms with van der Waals surface area (Å²) in [5.41, 5.74) is 3.24.